The zero-order valence-electron chi connectivity index (χ0n) is 6.38. The summed E-state index contributed by atoms with van der Waals surface area (Å²) in [6.45, 7) is 3.01. The molecule has 58 valence electrons. The molecule has 0 aromatic heterocycles. The highest BCUT2D eigenvalue weighted by atomic mass is 15.1. The van der Waals surface area contributed by atoms with Gasteiger partial charge < -0.3 is 11.1 Å². The molecule has 0 spiro atoms. The fourth-order valence-electron chi connectivity index (χ4n) is 1.07. The molecule has 0 aromatic rings. The Balaban J connectivity index is 2.13. The zero-order valence-corrected chi connectivity index (χ0v) is 6.38. The van der Waals surface area contributed by atoms with Crippen LogP contribution in [-0.2, 0) is 0 Å². The molecule has 0 fully saturated rings. The molecule has 10 heavy (non-hydrogen) atoms. The van der Waals surface area contributed by atoms with Crippen molar-refractivity contribution < 1.29 is 0 Å². The molecular weight excluding hydrogens is 126 g/mol. The van der Waals surface area contributed by atoms with Crippen LogP contribution in [0.5, 0.6) is 0 Å². The lowest BCUT2D eigenvalue weighted by atomic mass is 10.1. The summed E-state index contributed by atoms with van der Waals surface area (Å²) in [4.78, 5) is 4.06. The van der Waals surface area contributed by atoms with Crippen molar-refractivity contribution in [1.82, 2.24) is 5.32 Å². The molecule has 1 heterocycles. The van der Waals surface area contributed by atoms with Crippen LogP contribution in [0.25, 0.3) is 0 Å². The van der Waals surface area contributed by atoms with Crippen molar-refractivity contribution in [1.29, 1.82) is 0 Å². The Kier molecular flexibility index (Phi) is 2.68. The van der Waals surface area contributed by atoms with Crippen LogP contribution >= 0.6 is 0 Å². The highest BCUT2D eigenvalue weighted by Crippen LogP contribution is 2.02. The van der Waals surface area contributed by atoms with Crippen LogP contribution < -0.4 is 11.1 Å². The summed E-state index contributed by atoms with van der Waals surface area (Å²) in [7, 11) is 0. The van der Waals surface area contributed by atoms with Gasteiger partial charge in [0.2, 0.25) is 0 Å². The molecule has 1 rings (SSSR count). The number of rotatable bonds is 3. The highest BCUT2D eigenvalue weighted by Gasteiger charge is 2.12. The van der Waals surface area contributed by atoms with Crippen LogP contribution in [0.4, 0.5) is 0 Å². The van der Waals surface area contributed by atoms with Gasteiger partial charge in [0.25, 0.3) is 0 Å². The summed E-state index contributed by atoms with van der Waals surface area (Å²) in [5.41, 5.74) is 5.76. The predicted octanol–water partition coefficient (Wildman–Crippen LogP) is 0.114. The minimum atomic E-state index is 0.333. The van der Waals surface area contributed by atoms with E-state index in [1.165, 1.54) is 0 Å². The summed E-state index contributed by atoms with van der Waals surface area (Å²) >= 11 is 0. The first-order chi connectivity index (χ1) is 4.83. The quantitative estimate of drug-likeness (QED) is 0.586. The molecule has 1 aliphatic rings. The first kappa shape index (κ1) is 7.54. The number of nitrogens with zero attached hydrogens (tertiary/aromatic N) is 1. The molecule has 0 saturated heterocycles. The van der Waals surface area contributed by atoms with Crippen LogP contribution in [0, 0.1) is 0 Å². The van der Waals surface area contributed by atoms with E-state index in [4.69, 9.17) is 5.73 Å². The minimum Gasteiger partial charge on any atom is -0.372 e. The molecule has 0 saturated carbocycles. The average molecular weight is 141 g/mol. The molecule has 3 N–H and O–H groups in total. The van der Waals surface area contributed by atoms with Crippen LogP contribution in [0.1, 0.15) is 19.8 Å². The molecule has 0 radical (unpaired) electrons. The van der Waals surface area contributed by atoms with E-state index in [1.54, 1.807) is 6.34 Å². The smallest absolute Gasteiger partial charge is 0.0827 e. The Morgan fingerprint density at radius 2 is 2.70 bits per heavy atom. The van der Waals surface area contributed by atoms with Crippen molar-refractivity contribution >= 4 is 6.34 Å². The monoisotopic (exact) mass is 141 g/mol. The largest absolute Gasteiger partial charge is 0.372 e. The Hall–Kier alpha value is -0.570. The first-order valence-corrected chi connectivity index (χ1v) is 3.83. The fraction of sp³-hybridized carbons (Fsp3) is 0.857. The molecule has 2 atom stereocenters. The van der Waals surface area contributed by atoms with Crippen molar-refractivity contribution in [2.75, 3.05) is 6.54 Å². The van der Waals surface area contributed by atoms with E-state index in [0.717, 1.165) is 19.4 Å². The van der Waals surface area contributed by atoms with E-state index < -0.39 is 0 Å². The van der Waals surface area contributed by atoms with Gasteiger partial charge in [0, 0.05) is 12.1 Å². The SMILES string of the molecule is CCC(N)CC1CN=CN1. The third-order valence-electron chi connectivity index (χ3n) is 1.84. The maximum atomic E-state index is 5.76. The second kappa shape index (κ2) is 3.56. The molecular formula is C7H15N3. The summed E-state index contributed by atoms with van der Waals surface area (Å²) < 4.78 is 0. The predicted molar refractivity (Wildman–Crippen MR) is 43.2 cm³/mol. The van der Waals surface area contributed by atoms with E-state index in [0.29, 0.717) is 12.1 Å². The summed E-state index contributed by atoms with van der Waals surface area (Å²) in [5, 5.41) is 3.15. The number of aliphatic imine (C=N–C) groups is 1. The third kappa shape index (κ3) is 1.99. The highest BCUT2D eigenvalue weighted by molar-refractivity contribution is 5.57. The lowest BCUT2D eigenvalue weighted by Gasteiger charge is -2.13. The van der Waals surface area contributed by atoms with E-state index in [-0.39, 0.29) is 0 Å². The van der Waals surface area contributed by atoms with E-state index >= 15 is 0 Å². The van der Waals surface area contributed by atoms with Crippen LogP contribution in [0.3, 0.4) is 0 Å². The van der Waals surface area contributed by atoms with Gasteiger partial charge in [-0.2, -0.15) is 0 Å². The van der Waals surface area contributed by atoms with Gasteiger partial charge in [-0.05, 0) is 12.8 Å². The van der Waals surface area contributed by atoms with Gasteiger partial charge in [0.1, 0.15) is 0 Å². The fourth-order valence-corrected chi connectivity index (χ4v) is 1.07. The molecule has 0 amide bonds. The molecule has 1 aliphatic heterocycles. The summed E-state index contributed by atoms with van der Waals surface area (Å²) in [5.74, 6) is 0. The molecule has 0 aliphatic carbocycles. The zero-order chi connectivity index (χ0) is 7.40. The Morgan fingerprint density at radius 1 is 1.90 bits per heavy atom. The molecule has 3 nitrogen and oxygen atoms in total. The molecule has 0 bridgehead atoms. The standard InChI is InChI=1S/C7H15N3/c1-2-6(8)3-7-4-9-5-10-7/h5-7H,2-4,8H2,1H3,(H,9,10). The topological polar surface area (TPSA) is 50.4 Å². The van der Waals surface area contributed by atoms with Crippen LogP contribution in [0.2, 0.25) is 0 Å². The third-order valence-corrected chi connectivity index (χ3v) is 1.84. The number of hydrogen-bond donors (Lipinski definition) is 2. The van der Waals surface area contributed by atoms with Crippen LogP contribution in [-0.4, -0.2) is 25.0 Å². The van der Waals surface area contributed by atoms with Gasteiger partial charge >= 0.3 is 0 Å². The minimum absolute atomic E-state index is 0.333. The number of hydrogen-bond acceptors (Lipinski definition) is 3. The summed E-state index contributed by atoms with van der Waals surface area (Å²) in [6.07, 6.45) is 3.86. The molecule has 0 aromatic carbocycles. The van der Waals surface area contributed by atoms with Crippen molar-refractivity contribution in [3.05, 3.63) is 0 Å². The maximum absolute atomic E-state index is 5.76. The second-order valence-corrected chi connectivity index (χ2v) is 2.76. The number of nitrogens with one attached hydrogen (secondary N) is 1. The molecule has 2 unspecified atom stereocenters. The first-order valence-electron chi connectivity index (χ1n) is 3.83. The Labute approximate surface area is 61.7 Å². The lowest BCUT2D eigenvalue weighted by Crippen LogP contribution is -2.33. The second-order valence-electron chi connectivity index (χ2n) is 2.76. The maximum Gasteiger partial charge on any atom is 0.0827 e. The van der Waals surface area contributed by atoms with Gasteiger partial charge in [0.15, 0.2) is 0 Å². The van der Waals surface area contributed by atoms with Crippen molar-refractivity contribution in [3.8, 4) is 0 Å². The van der Waals surface area contributed by atoms with Gasteiger partial charge in [-0.1, -0.05) is 6.92 Å². The molecule has 3 heteroatoms. The van der Waals surface area contributed by atoms with Crippen molar-refractivity contribution in [3.63, 3.8) is 0 Å². The van der Waals surface area contributed by atoms with Gasteiger partial charge in [0.05, 0.1) is 12.9 Å². The summed E-state index contributed by atoms with van der Waals surface area (Å²) in [6, 6.07) is 0.828. The normalized spacial score (nSPS) is 26.4. The Bertz CT molecular complexity index is 114. The van der Waals surface area contributed by atoms with Gasteiger partial charge in [-0.25, -0.2) is 0 Å². The van der Waals surface area contributed by atoms with E-state index in [9.17, 15) is 0 Å². The number of nitrogens with two attached hydrogens (primary N) is 1. The van der Waals surface area contributed by atoms with Gasteiger partial charge in [-0.15, -0.1) is 0 Å². The van der Waals surface area contributed by atoms with Gasteiger partial charge in [-0.3, -0.25) is 4.99 Å². The van der Waals surface area contributed by atoms with E-state index in [1.807, 2.05) is 0 Å². The average Bonchev–Trinajstić information content (AvgIpc) is 2.40. The van der Waals surface area contributed by atoms with Crippen molar-refractivity contribution in [2.24, 2.45) is 10.7 Å². The van der Waals surface area contributed by atoms with E-state index in [2.05, 4.69) is 17.2 Å². The van der Waals surface area contributed by atoms with Crippen molar-refractivity contribution in [2.45, 2.75) is 31.8 Å². The lowest BCUT2D eigenvalue weighted by molar-refractivity contribution is 0.505. The Morgan fingerprint density at radius 3 is 3.20 bits per heavy atom. The van der Waals surface area contributed by atoms with Crippen LogP contribution in [0.15, 0.2) is 4.99 Å².